The maximum absolute atomic E-state index is 12.3. The lowest BCUT2D eigenvalue weighted by molar-refractivity contribution is 0.390. The average molecular weight is 284 g/mol. The fourth-order valence-electron chi connectivity index (χ4n) is 1.91. The molecule has 104 valence electrons. The van der Waals surface area contributed by atoms with Crippen LogP contribution in [0.5, 0.6) is 0 Å². The van der Waals surface area contributed by atoms with E-state index in [2.05, 4.69) is 19.8 Å². The Morgan fingerprint density at radius 1 is 1.47 bits per heavy atom. The van der Waals surface area contributed by atoms with Gasteiger partial charge in [0.2, 0.25) is 10.0 Å². The number of hydrogen-bond acceptors (Lipinski definition) is 5. The molecule has 0 fully saturated rings. The quantitative estimate of drug-likeness (QED) is 0.865. The predicted octanol–water partition coefficient (Wildman–Crippen LogP) is 1.44. The summed E-state index contributed by atoms with van der Waals surface area (Å²) in [6.07, 6.45) is 3.82. The van der Waals surface area contributed by atoms with Crippen LogP contribution in [0.25, 0.3) is 0 Å². The van der Waals surface area contributed by atoms with Crippen molar-refractivity contribution in [2.75, 3.05) is 0 Å². The summed E-state index contributed by atoms with van der Waals surface area (Å²) in [6, 6.07) is -0.409. The molecule has 0 saturated carbocycles. The van der Waals surface area contributed by atoms with Gasteiger partial charge in [0.05, 0.1) is 6.04 Å². The zero-order valence-corrected chi connectivity index (χ0v) is 11.8. The number of rotatable bonds is 5. The van der Waals surface area contributed by atoms with Crippen molar-refractivity contribution in [2.45, 2.75) is 38.1 Å². The highest BCUT2D eigenvalue weighted by atomic mass is 32.2. The third-order valence-electron chi connectivity index (χ3n) is 2.79. The fourth-order valence-corrected chi connectivity index (χ4v) is 3.52. The van der Waals surface area contributed by atoms with E-state index in [1.165, 1.54) is 0 Å². The Bertz CT molecular complexity index is 626. The van der Waals surface area contributed by atoms with Crippen LogP contribution in [-0.2, 0) is 10.0 Å². The van der Waals surface area contributed by atoms with Gasteiger partial charge in [0.15, 0.2) is 5.76 Å². The number of H-pyrrole nitrogens is 1. The number of aromatic amines is 1. The van der Waals surface area contributed by atoms with Crippen LogP contribution < -0.4 is 4.72 Å². The van der Waals surface area contributed by atoms with E-state index in [9.17, 15) is 8.42 Å². The molecule has 2 rings (SSSR count). The number of hydrogen-bond donors (Lipinski definition) is 2. The van der Waals surface area contributed by atoms with Crippen LogP contribution >= 0.6 is 0 Å². The predicted molar refractivity (Wildman–Crippen MR) is 67.9 cm³/mol. The molecule has 2 N–H and O–H groups in total. The van der Waals surface area contributed by atoms with Crippen LogP contribution in [0.4, 0.5) is 0 Å². The van der Waals surface area contributed by atoms with Gasteiger partial charge in [-0.3, -0.25) is 0 Å². The summed E-state index contributed by atoms with van der Waals surface area (Å²) in [4.78, 5) is 7.08. The smallest absolute Gasteiger partial charge is 0.246 e. The normalized spacial score (nSPS) is 13.6. The first-order valence-electron chi connectivity index (χ1n) is 5.90. The fraction of sp³-hybridized carbons (Fsp3) is 0.455. The van der Waals surface area contributed by atoms with E-state index in [-0.39, 0.29) is 10.7 Å². The minimum Gasteiger partial charge on any atom is -0.360 e. The van der Waals surface area contributed by atoms with Crippen molar-refractivity contribution in [3.05, 3.63) is 29.7 Å². The topological polar surface area (TPSA) is 101 Å². The SMILES string of the molecule is CCC(NS(=O)(=O)c1c(C)noc1C)c1ncc[nH]1. The average Bonchev–Trinajstić information content (AvgIpc) is 2.96. The summed E-state index contributed by atoms with van der Waals surface area (Å²) in [5, 5.41) is 3.66. The van der Waals surface area contributed by atoms with Crippen molar-refractivity contribution in [3.63, 3.8) is 0 Å². The second kappa shape index (κ2) is 5.14. The summed E-state index contributed by atoms with van der Waals surface area (Å²) in [5.74, 6) is 0.858. The Balaban J connectivity index is 2.31. The Morgan fingerprint density at radius 2 is 2.21 bits per heavy atom. The van der Waals surface area contributed by atoms with E-state index < -0.39 is 16.1 Å². The number of nitrogens with one attached hydrogen (secondary N) is 2. The minimum atomic E-state index is -3.68. The van der Waals surface area contributed by atoms with Gasteiger partial charge in [0, 0.05) is 12.4 Å². The number of aromatic nitrogens is 3. The Kier molecular flexibility index (Phi) is 3.72. The lowest BCUT2D eigenvalue weighted by atomic mass is 10.2. The van der Waals surface area contributed by atoms with Crippen molar-refractivity contribution >= 4 is 10.0 Å². The molecule has 0 aliphatic carbocycles. The third kappa shape index (κ3) is 2.69. The first kappa shape index (κ1) is 13.8. The van der Waals surface area contributed by atoms with E-state index >= 15 is 0 Å². The molecule has 19 heavy (non-hydrogen) atoms. The Hall–Kier alpha value is -1.67. The van der Waals surface area contributed by atoms with Crippen molar-refractivity contribution in [1.82, 2.24) is 19.8 Å². The lowest BCUT2D eigenvalue weighted by Crippen LogP contribution is -2.29. The molecule has 0 saturated heterocycles. The van der Waals surface area contributed by atoms with Crippen LogP contribution in [0.15, 0.2) is 21.8 Å². The standard InChI is InChI=1S/C11H16N4O3S/c1-4-9(11-12-5-6-13-11)15-19(16,17)10-7(2)14-18-8(10)3/h5-6,9,15H,4H2,1-3H3,(H,12,13). The number of aryl methyl sites for hydroxylation is 2. The molecule has 0 radical (unpaired) electrons. The van der Waals surface area contributed by atoms with Gasteiger partial charge < -0.3 is 9.51 Å². The summed E-state index contributed by atoms with van der Waals surface area (Å²) in [7, 11) is -3.68. The highest BCUT2D eigenvalue weighted by Gasteiger charge is 2.27. The van der Waals surface area contributed by atoms with Crippen LogP contribution in [0.3, 0.4) is 0 Å². The monoisotopic (exact) mass is 284 g/mol. The van der Waals surface area contributed by atoms with Gasteiger partial charge >= 0.3 is 0 Å². The molecule has 1 unspecified atom stereocenters. The summed E-state index contributed by atoms with van der Waals surface area (Å²) in [6.45, 7) is 5.05. The highest BCUT2D eigenvalue weighted by Crippen LogP contribution is 2.22. The number of nitrogens with zero attached hydrogens (tertiary/aromatic N) is 2. The maximum Gasteiger partial charge on any atom is 0.246 e. The van der Waals surface area contributed by atoms with Gasteiger partial charge in [-0.1, -0.05) is 12.1 Å². The van der Waals surface area contributed by atoms with E-state index in [1.807, 2.05) is 6.92 Å². The number of sulfonamides is 1. The van der Waals surface area contributed by atoms with Crippen LogP contribution in [0.1, 0.15) is 36.7 Å². The van der Waals surface area contributed by atoms with Crippen molar-refractivity contribution in [2.24, 2.45) is 0 Å². The molecule has 0 amide bonds. The zero-order chi connectivity index (χ0) is 14.0. The van der Waals surface area contributed by atoms with Gasteiger partial charge in [-0.2, -0.15) is 0 Å². The molecule has 0 bridgehead atoms. The molecule has 0 spiro atoms. The molecule has 2 aromatic rings. The second-order valence-electron chi connectivity index (χ2n) is 4.21. The lowest BCUT2D eigenvalue weighted by Gasteiger charge is -2.14. The second-order valence-corrected chi connectivity index (χ2v) is 5.86. The maximum atomic E-state index is 12.3. The number of imidazole rings is 1. The van der Waals surface area contributed by atoms with Crippen LogP contribution in [0.2, 0.25) is 0 Å². The molecule has 0 aliphatic heterocycles. The van der Waals surface area contributed by atoms with E-state index in [1.54, 1.807) is 26.2 Å². The van der Waals surface area contributed by atoms with Crippen LogP contribution in [0, 0.1) is 13.8 Å². The van der Waals surface area contributed by atoms with Gasteiger partial charge in [-0.05, 0) is 20.3 Å². The van der Waals surface area contributed by atoms with Crippen molar-refractivity contribution < 1.29 is 12.9 Å². The first-order valence-corrected chi connectivity index (χ1v) is 7.38. The summed E-state index contributed by atoms with van der Waals surface area (Å²) < 4.78 is 32.2. The van der Waals surface area contributed by atoms with E-state index in [0.717, 1.165) is 0 Å². The molecule has 7 nitrogen and oxygen atoms in total. The summed E-state index contributed by atoms with van der Waals surface area (Å²) in [5.41, 5.74) is 0.347. The molecular weight excluding hydrogens is 268 g/mol. The van der Waals surface area contributed by atoms with Crippen molar-refractivity contribution in [1.29, 1.82) is 0 Å². The molecule has 0 aliphatic rings. The largest absolute Gasteiger partial charge is 0.360 e. The molecular formula is C11H16N4O3S. The molecule has 2 aromatic heterocycles. The first-order chi connectivity index (χ1) is 8.95. The van der Waals surface area contributed by atoms with Gasteiger partial charge in [0.1, 0.15) is 16.4 Å². The van der Waals surface area contributed by atoms with Crippen molar-refractivity contribution in [3.8, 4) is 0 Å². The molecule has 8 heteroatoms. The third-order valence-corrected chi connectivity index (χ3v) is 4.51. The van der Waals surface area contributed by atoms with Gasteiger partial charge in [-0.15, -0.1) is 0 Å². The Labute approximate surface area is 111 Å². The van der Waals surface area contributed by atoms with Gasteiger partial charge in [0.25, 0.3) is 0 Å². The minimum absolute atomic E-state index is 0.0949. The van der Waals surface area contributed by atoms with E-state index in [0.29, 0.717) is 17.9 Å². The molecule has 0 aromatic carbocycles. The molecule has 1 atom stereocenters. The zero-order valence-electron chi connectivity index (χ0n) is 11.0. The van der Waals surface area contributed by atoms with Gasteiger partial charge in [-0.25, -0.2) is 18.1 Å². The Morgan fingerprint density at radius 3 is 2.68 bits per heavy atom. The molecule has 2 heterocycles. The van der Waals surface area contributed by atoms with E-state index in [4.69, 9.17) is 4.52 Å². The summed E-state index contributed by atoms with van der Waals surface area (Å²) >= 11 is 0. The van der Waals surface area contributed by atoms with Crippen LogP contribution in [-0.4, -0.2) is 23.5 Å². The highest BCUT2D eigenvalue weighted by molar-refractivity contribution is 7.89.